The van der Waals surface area contributed by atoms with Crippen molar-refractivity contribution in [2.75, 3.05) is 0 Å². The lowest BCUT2D eigenvalue weighted by Crippen LogP contribution is -2.27. The molecule has 0 bridgehead atoms. The minimum absolute atomic E-state index is 0.00935. The van der Waals surface area contributed by atoms with Gasteiger partial charge in [-0.1, -0.05) is 23.8 Å². The van der Waals surface area contributed by atoms with Crippen molar-refractivity contribution in [2.45, 2.75) is 19.4 Å². The van der Waals surface area contributed by atoms with Gasteiger partial charge in [0.05, 0.1) is 6.04 Å². The number of benzene rings is 1. The first-order chi connectivity index (χ1) is 7.70. The van der Waals surface area contributed by atoms with Crippen LogP contribution in [0, 0.1) is 0 Å². The molecule has 1 heterocycles. The van der Waals surface area contributed by atoms with Gasteiger partial charge in [0.15, 0.2) is 0 Å². The van der Waals surface area contributed by atoms with E-state index >= 15 is 0 Å². The highest BCUT2D eigenvalue weighted by Gasteiger charge is 2.14. The van der Waals surface area contributed by atoms with Gasteiger partial charge in [0.25, 0.3) is 0 Å². The van der Waals surface area contributed by atoms with Gasteiger partial charge in [-0.3, -0.25) is 5.84 Å². The Labute approximate surface area is 94.9 Å². The molecule has 0 spiro atoms. The van der Waals surface area contributed by atoms with E-state index in [1.165, 1.54) is 0 Å². The van der Waals surface area contributed by atoms with Crippen LogP contribution in [-0.4, -0.2) is 0 Å². The summed E-state index contributed by atoms with van der Waals surface area (Å²) in [5.74, 6) is 6.38. The normalized spacial score (nSPS) is 12.9. The molecule has 0 radical (unpaired) electrons. The van der Waals surface area contributed by atoms with Crippen LogP contribution in [0.3, 0.4) is 0 Å². The van der Waals surface area contributed by atoms with Crippen molar-refractivity contribution in [1.82, 2.24) is 5.43 Å². The van der Waals surface area contributed by atoms with Gasteiger partial charge < -0.3 is 4.42 Å². The maximum atomic E-state index is 5.74. The van der Waals surface area contributed by atoms with Gasteiger partial charge in [0.1, 0.15) is 11.3 Å². The zero-order chi connectivity index (χ0) is 11.5. The average Bonchev–Trinajstić information content (AvgIpc) is 2.68. The molecule has 1 atom stereocenters. The second-order valence-corrected chi connectivity index (χ2v) is 4.07. The molecule has 16 heavy (non-hydrogen) atoms. The molecule has 3 N–H and O–H groups in total. The molecule has 0 aliphatic carbocycles. The molecule has 0 amide bonds. The first kappa shape index (κ1) is 10.9. The molecule has 0 fully saturated rings. The number of hydrazine groups is 1. The van der Waals surface area contributed by atoms with Crippen molar-refractivity contribution in [2.24, 2.45) is 5.84 Å². The van der Waals surface area contributed by atoms with E-state index in [-0.39, 0.29) is 6.04 Å². The molecule has 0 saturated carbocycles. The summed E-state index contributed by atoms with van der Waals surface area (Å²) >= 11 is 0. The molecule has 3 heteroatoms. The molecule has 84 valence electrons. The summed E-state index contributed by atoms with van der Waals surface area (Å²) in [6.45, 7) is 5.86. The molecule has 3 nitrogen and oxygen atoms in total. The molecule has 0 saturated heterocycles. The van der Waals surface area contributed by atoms with Crippen LogP contribution >= 0.6 is 0 Å². The Hall–Kier alpha value is -1.58. The van der Waals surface area contributed by atoms with Crippen LogP contribution in [0.4, 0.5) is 0 Å². The van der Waals surface area contributed by atoms with E-state index in [0.717, 1.165) is 28.7 Å². The molecular formula is C13H16N2O. The smallest absolute Gasteiger partial charge is 0.134 e. The molecule has 2 aromatic rings. The van der Waals surface area contributed by atoms with Crippen LogP contribution in [0.15, 0.2) is 46.9 Å². The molecule has 1 aromatic heterocycles. The van der Waals surface area contributed by atoms with Crippen molar-refractivity contribution in [3.63, 3.8) is 0 Å². The first-order valence-electron chi connectivity index (χ1n) is 5.29. The van der Waals surface area contributed by atoms with E-state index in [1.54, 1.807) is 0 Å². The Morgan fingerprint density at radius 3 is 2.88 bits per heavy atom. The van der Waals surface area contributed by atoms with E-state index in [9.17, 15) is 0 Å². The van der Waals surface area contributed by atoms with Gasteiger partial charge in [-0.15, -0.1) is 6.58 Å². The minimum atomic E-state index is -0.00935. The molecular weight excluding hydrogens is 200 g/mol. The van der Waals surface area contributed by atoms with Crippen LogP contribution in [0.5, 0.6) is 0 Å². The largest absolute Gasteiger partial charge is 0.459 e. The number of hydrogen-bond donors (Lipinski definition) is 2. The van der Waals surface area contributed by atoms with Gasteiger partial charge >= 0.3 is 0 Å². The third-order valence-electron chi connectivity index (χ3n) is 2.54. The maximum absolute atomic E-state index is 5.74. The summed E-state index contributed by atoms with van der Waals surface area (Å²) < 4.78 is 5.74. The lowest BCUT2D eigenvalue weighted by Gasteiger charge is -2.12. The molecule has 1 unspecified atom stereocenters. The Bertz CT molecular complexity index is 468. The zero-order valence-corrected chi connectivity index (χ0v) is 9.36. The highest BCUT2D eigenvalue weighted by Crippen LogP contribution is 2.26. The fourth-order valence-corrected chi connectivity index (χ4v) is 1.76. The van der Waals surface area contributed by atoms with Crippen molar-refractivity contribution in [3.05, 3.63) is 48.2 Å². The van der Waals surface area contributed by atoms with Crippen molar-refractivity contribution >= 4 is 11.0 Å². The van der Waals surface area contributed by atoms with Crippen LogP contribution in [-0.2, 0) is 0 Å². The Morgan fingerprint density at radius 1 is 1.50 bits per heavy atom. The van der Waals surface area contributed by atoms with Gasteiger partial charge in [-0.05, 0) is 25.5 Å². The van der Waals surface area contributed by atoms with E-state index in [2.05, 4.69) is 12.0 Å². The summed E-state index contributed by atoms with van der Waals surface area (Å²) in [6.07, 6.45) is 0.774. The van der Waals surface area contributed by atoms with E-state index in [4.69, 9.17) is 10.3 Å². The third kappa shape index (κ3) is 2.15. The van der Waals surface area contributed by atoms with Gasteiger partial charge in [-0.2, -0.15) is 0 Å². The average molecular weight is 216 g/mol. The molecule has 2 rings (SSSR count). The number of para-hydroxylation sites is 1. The van der Waals surface area contributed by atoms with Gasteiger partial charge in [0.2, 0.25) is 0 Å². The van der Waals surface area contributed by atoms with Crippen LogP contribution in [0.1, 0.15) is 25.1 Å². The Balaban J connectivity index is 2.34. The Morgan fingerprint density at radius 2 is 2.25 bits per heavy atom. The van der Waals surface area contributed by atoms with Crippen LogP contribution in [0.25, 0.3) is 11.0 Å². The third-order valence-corrected chi connectivity index (χ3v) is 2.54. The summed E-state index contributed by atoms with van der Waals surface area (Å²) in [5.41, 5.74) is 4.72. The zero-order valence-electron chi connectivity index (χ0n) is 9.36. The number of rotatable bonds is 4. The lowest BCUT2D eigenvalue weighted by molar-refractivity contribution is 0.434. The number of furan rings is 1. The predicted octanol–water partition coefficient (Wildman–Crippen LogP) is 2.90. The summed E-state index contributed by atoms with van der Waals surface area (Å²) in [5, 5.41) is 1.10. The summed E-state index contributed by atoms with van der Waals surface area (Å²) in [7, 11) is 0. The van der Waals surface area contributed by atoms with E-state index < -0.39 is 0 Å². The lowest BCUT2D eigenvalue weighted by atomic mass is 10.1. The number of fused-ring (bicyclic) bond motifs is 1. The first-order valence-corrected chi connectivity index (χ1v) is 5.29. The molecule has 0 aliphatic rings. The predicted molar refractivity (Wildman–Crippen MR) is 65.7 cm³/mol. The highest BCUT2D eigenvalue weighted by atomic mass is 16.3. The standard InChI is InChI=1S/C13H16N2O/c1-9(2)7-11(15-14)13-8-10-5-3-4-6-12(10)16-13/h3-6,8,11,15H,1,7,14H2,2H3. The second-order valence-electron chi connectivity index (χ2n) is 4.07. The second kappa shape index (κ2) is 4.51. The monoisotopic (exact) mass is 216 g/mol. The van der Waals surface area contributed by atoms with Crippen LogP contribution < -0.4 is 11.3 Å². The quantitative estimate of drug-likeness (QED) is 0.469. The molecule has 0 aliphatic heterocycles. The Kier molecular flexibility index (Phi) is 3.08. The fourth-order valence-electron chi connectivity index (χ4n) is 1.76. The molecule has 1 aromatic carbocycles. The van der Waals surface area contributed by atoms with Crippen molar-refractivity contribution in [1.29, 1.82) is 0 Å². The van der Waals surface area contributed by atoms with E-state index in [0.29, 0.717) is 0 Å². The topological polar surface area (TPSA) is 51.2 Å². The highest BCUT2D eigenvalue weighted by molar-refractivity contribution is 5.77. The summed E-state index contributed by atoms with van der Waals surface area (Å²) in [6, 6.07) is 9.93. The van der Waals surface area contributed by atoms with Gasteiger partial charge in [0, 0.05) is 5.39 Å². The number of hydrogen-bond acceptors (Lipinski definition) is 3. The minimum Gasteiger partial charge on any atom is -0.459 e. The van der Waals surface area contributed by atoms with Gasteiger partial charge in [-0.25, -0.2) is 5.43 Å². The van der Waals surface area contributed by atoms with Crippen LogP contribution in [0.2, 0.25) is 0 Å². The SMILES string of the molecule is C=C(C)CC(NN)c1cc2ccccc2o1. The summed E-state index contributed by atoms with van der Waals surface area (Å²) in [4.78, 5) is 0. The van der Waals surface area contributed by atoms with E-state index in [1.807, 2.05) is 37.3 Å². The van der Waals surface area contributed by atoms with Crippen molar-refractivity contribution < 1.29 is 4.42 Å². The fraction of sp³-hybridized carbons (Fsp3) is 0.231. The maximum Gasteiger partial charge on any atom is 0.134 e. The van der Waals surface area contributed by atoms with Crippen molar-refractivity contribution in [3.8, 4) is 0 Å². The number of nitrogens with one attached hydrogen (secondary N) is 1. The number of nitrogens with two attached hydrogens (primary N) is 1.